The van der Waals surface area contributed by atoms with Crippen LogP contribution >= 0.6 is 11.3 Å². The molecular formula is C16H16N4O4S. The first-order valence-corrected chi connectivity index (χ1v) is 8.43. The van der Waals surface area contributed by atoms with Crippen molar-refractivity contribution < 1.29 is 18.5 Å². The Bertz CT molecular complexity index is 882. The minimum absolute atomic E-state index is 0.107. The van der Waals surface area contributed by atoms with Gasteiger partial charge in [-0.15, -0.1) is 11.3 Å². The Kier molecular flexibility index (Phi) is 4.94. The topological polar surface area (TPSA) is 110 Å². The van der Waals surface area contributed by atoms with Crippen molar-refractivity contribution in [2.45, 2.75) is 26.7 Å². The number of aryl methyl sites for hydroxylation is 3. The molecule has 0 aromatic carbocycles. The molecule has 2 N–H and O–H groups in total. The molecule has 0 aliphatic rings. The van der Waals surface area contributed by atoms with Gasteiger partial charge in [-0.25, -0.2) is 0 Å². The molecule has 0 aliphatic carbocycles. The Labute approximate surface area is 147 Å². The fourth-order valence-electron chi connectivity index (χ4n) is 2.20. The number of hydrogen-bond acceptors (Lipinski definition) is 7. The highest BCUT2D eigenvalue weighted by atomic mass is 32.1. The molecule has 0 spiro atoms. The van der Waals surface area contributed by atoms with Crippen molar-refractivity contribution in [3.63, 3.8) is 0 Å². The number of nitrogens with one attached hydrogen (secondary N) is 2. The van der Waals surface area contributed by atoms with Crippen molar-refractivity contribution in [2.75, 3.05) is 0 Å². The van der Waals surface area contributed by atoms with Gasteiger partial charge in [0, 0.05) is 12.8 Å². The first kappa shape index (κ1) is 16.9. The molecule has 0 radical (unpaired) electrons. The number of hydrogen-bond donors (Lipinski definition) is 2. The van der Waals surface area contributed by atoms with Gasteiger partial charge >= 0.3 is 0 Å². The number of thiophene rings is 1. The van der Waals surface area contributed by atoms with Gasteiger partial charge in [0.1, 0.15) is 11.5 Å². The van der Waals surface area contributed by atoms with Gasteiger partial charge in [-0.2, -0.15) is 4.98 Å². The number of furan rings is 1. The van der Waals surface area contributed by atoms with E-state index in [0.717, 1.165) is 4.88 Å². The summed E-state index contributed by atoms with van der Waals surface area (Å²) in [5.74, 6) is 1.21. The summed E-state index contributed by atoms with van der Waals surface area (Å²) in [4.78, 5) is 28.9. The van der Waals surface area contributed by atoms with Crippen LogP contribution in [0.1, 0.15) is 34.2 Å². The first-order chi connectivity index (χ1) is 12.0. The molecule has 2 amide bonds. The summed E-state index contributed by atoms with van der Waals surface area (Å²) in [6.07, 6.45) is 0.389. The van der Waals surface area contributed by atoms with Crippen LogP contribution in [0.5, 0.6) is 0 Å². The second-order valence-electron chi connectivity index (χ2n) is 5.32. The van der Waals surface area contributed by atoms with E-state index < -0.39 is 5.91 Å². The number of carbonyl (C=O) groups is 2. The quantitative estimate of drug-likeness (QED) is 0.676. The minimum atomic E-state index is -0.430. The summed E-state index contributed by atoms with van der Waals surface area (Å²) in [6.45, 7) is 3.43. The summed E-state index contributed by atoms with van der Waals surface area (Å²) >= 11 is 1.51. The molecule has 0 atom stereocenters. The highest BCUT2D eigenvalue weighted by Crippen LogP contribution is 2.21. The van der Waals surface area contributed by atoms with E-state index in [1.54, 1.807) is 19.9 Å². The Hall–Kier alpha value is -2.94. The normalized spacial score (nSPS) is 10.6. The molecule has 0 saturated carbocycles. The zero-order valence-electron chi connectivity index (χ0n) is 13.7. The van der Waals surface area contributed by atoms with Crippen LogP contribution in [0.25, 0.3) is 10.7 Å². The predicted molar refractivity (Wildman–Crippen MR) is 89.7 cm³/mol. The third-order valence-electron chi connectivity index (χ3n) is 3.38. The highest BCUT2D eigenvalue weighted by molar-refractivity contribution is 7.13. The third kappa shape index (κ3) is 4.13. The van der Waals surface area contributed by atoms with E-state index in [9.17, 15) is 9.59 Å². The van der Waals surface area contributed by atoms with E-state index in [0.29, 0.717) is 28.8 Å². The Balaban J connectivity index is 1.47. The minimum Gasteiger partial charge on any atom is -0.466 e. The molecule has 130 valence electrons. The molecule has 9 heteroatoms. The fraction of sp³-hybridized carbons (Fsp3) is 0.250. The monoisotopic (exact) mass is 360 g/mol. The zero-order chi connectivity index (χ0) is 17.8. The Morgan fingerprint density at radius 2 is 2.12 bits per heavy atom. The molecule has 0 fully saturated rings. The molecule has 0 bridgehead atoms. The van der Waals surface area contributed by atoms with Crippen LogP contribution in [0, 0.1) is 13.8 Å². The maximum Gasteiger partial charge on any atom is 0.273 e. The van der Waals surface area contributed by atoms with Gasteiger partial charge in [0.2, 0.25) is 17.6 Å². The number of rotatable bonds is 5. The first-order valence-electron chi connectivity index (χ1n) is 7.55. The summed E-state index contributed by atoms with van der Waals surface area (Å²) in [6, 6.07) is 5.40. The van der Waals surface area contributed by atoms with Crippen molar-refractivity contribution in [1.82, 2.24) is 21.0 Å². The van der Waals surface area contributed by atoms with Gasteiger partial charge < -0.3 is 8.94 Å². The number of amides is 2. The maximum absolute atomic E-state index is 12.0. The summed E-state index contributed by atoms with van der Waals surface area (Å²) in [5, 5.41) is 5.80. The van der Waals surface area contributed by atoms with E-state index in [-0.39, 0.29) is 18.7 Å². The second-order valence-corrected chi connectivity index (χ2v) is 6.27. The lowest BCUT2D eigenvalue weighted by Gasteiger charge is -2.05. The number of hydrazine groups is 1. The molecule has 0 saturated heterocycles. The van der Waals surface area contributed by atoms with Crippen LogP contribution in [-0.2, 0) is 11.2 Å². The third-order valence-corrected chi connectivity index (χ3v) is 4.24. The van der Waals surface area contributed by atoms with Crippen LogP contribution in [-0.4, -0.2) is 22.0 Å². The molecule has 3 heterocycles. The summed E-state index contributed by atoms with van der Waals surface area (Å²) in [5.41, 5.74) is 5.09. The van der Waals surface area contributed by atoms with Crippen molar-refractivity contribution in [3.05, 3.63) is 46.6 Å². The van der Waals surface area contributed by atoms with Gasteiger partial charge in [-0.3, -0.25) is 20.4 Å². The maximum atomic E-state index is 12.0. The second kappa shape index (κ2) is 7.31. The molecule has 3 aromatic heterocycles. The van der Waals surface area contributed by atoms with E-state index in [2.05, 4.69) is 21.0 Å². The van der Waals surface area contributed by atoms with Crippen molar-refractivity contribution in [1.29, 1.82) is 0 Å². The molecule has 3 aromatic rings. The molecule has 25 heavy (non-hydrogen) atoms. The number of carbonyl (C=O) groups excluding carboxylic acids is 2. The lowest BCUT2D eigenvalue weighted by molar-refractivity contribution is -0.121. The smallest absolute Gasteiger partial charge is 0.273 e. The van der Waals surface area contributed by atoms with Gasteiger partial charge in [0.05, 0.1) is 10.4 Å². The number of nitrogens with zero attached hydrogens (tertiary/aromatic N) is 2. The van der Waals surface area contributed by atoms with Gasteiger partial charge in [0.15, 0.2) is 0 Å². The molecule has 3 rings (SSSR count). The molecular weight excluding hydrogens is 344 g/mol. The lowest BCUT2D eigenvalue weighted by atomic mass is 10.2. The Morgan fingerprint density at radius 1 is 1.28 bits per heavy atom. The van der Waals surface area contributed by atoms with Crippen LogP contribution in [0.4, 0.5) is 0 Å². The van der Waals surface area contributed by atoms with Gasteiger partial charge in [0.25, 0.3) is 5.91 Å². The summed E-state index contributed by atoms with van der Waals surface area (Å²) in [7, 11) is 0. The Morgan fingerprint density at radius 3 is 2.80 bits per heavy atom. The highest BCUT2D eigenvalue weighted by Gasteiger charge is 2.15. The van der Waals surface area contributed by atoms with E-state index in [1.165, 1.54) is 11.3 Å². The fourth-order valence-corrected chi connectivity index (χ4v) is 2.84. The van der Waals surface area contributed by atoms with Crippen LogP contribution in [0.15, 0.2) is 32.5 Å². The van der Waals surface area contributed by atoms with E-state index in [1.807, 2.05) is 17.5 Å². The average Bonchev–Trinajstić information content (AvgIpc) is 3.31. The van der Waals surface area contributed by atoms with Crippen LogP contribution in [0.3, 0.4) is 0 Å². The largest absolute Gasteiger partial charge is 0.466 e. The zero-order valence-corrected chi connectivity index (χ0v) is 14.5. The van der Waals surface area contributed by atoms with Crippen LogP contribution in [0.2, 0.25) is 0 Å². The standard InChI is InChI=1S/C16H16N4O4S/c1-9-8-11(10(2)23-9)16(22)19-18-13(21)5-6-14-17-15(20-24-14)12-4-3-7-25-12/h3-4,7-8H,5-6H2,1-2H3,(H,18,21)(H,19,22). The predicted octanol–water partition coefficient (Wildman–Crippen LogP) is 2.40. The molecule has 0 unspecified atom stereocenters. The van der Waals surface area contributed by atoms with Crippen LogP contribution < -0.4 is 10.9 Å². The lowest BCUT2D eigenvalue weighted by Crippen LogP contribution is -2.41. The van der Waals surface area contributed by atoms with Crippen molar-refractivity contribution in [3.8, 4) is 10.7 Å². The number of aromatic nitrogens is 2. The molecule has 0 aliphatic heterocycles. The molecule has 8 nitrogen and oxygen atoms in total. The van der Waals surface area contributed by atoms with E-state index in [4.69, 9.17) is 8.94 Å². The average molecular weight is 360 g/mol. The summed E-state index contributed by atoms with van der Waals surface area (Å²) < 4.78 is 10.4. The van der Waals surface area contributed by atoms with E-state index >= 15 is 0 Å². The van der Waals surface area contributed by atoms with Crippen molar-refractivity contribution >= 4 is 23.2 Å². The van der Waals surface area contributed by atoms with Gasteiger partial charge in [-0.1, -0.05) is 11.2 Å². The van der Waals surface area contributed by atoms with Gasteiger partial charge in [-0.05, 0) is 31.4 Å². The SMILES string of the molecule is Cc1cc(C(=O)NNC(=O)CCc2nc(-c3cccs3)no2)c(C)o1. The van der Waals surface area contributed by atoms with Crippen molar-refractivity contribution in [2.24, 2.45) is 0 Å².